The standard InChI is InChI=1S/C27H33O6P/c1-2-3-4-5-6-7-14-21-31-34(30,32-23-17-12-9-13-18-23)33-27-25(29)20-19-24(28)26(27)22-15-10-8-11-16-22/h8-13,15-20,28-29H,2-7,14,21H2,1H3. The SMILES string of the molecule is CCCCCCCCCOP(=O)(Oc1ccccc1)Oc1c(O)ccc(O)c1-c1ccccc1. The summed E-state index contributed by atoms with van der Waals surface area (Å²) in [6.45, 7) is 2.36. The first-order valence-corrected chi connectivity index (χ1v) is 13.3. The molecule has 6 nitrogen and oxygen atoms in total. The van der Waals surface area contributed by atoms with Crippen LogP contribution in [0.15, 0.2) is 72.8 Å². The van der Waals surface area contributed by atoms with E-state index in [2.05, 4.69) is 6.92 Å². The first-order valence-electron chi connectivity index (χ1n) is 11.8. The van der Waals surface area contributed by atoms with Crippen LogP contribution in [0.25, 0.3) is 11.1 Å². The summed E-state index contributed by atoms with van der Waals surface area (Å²) in [7, 11) is -4.19. The van der Waals surface area contributed by atoms with E-state index in [1.54, 1.807) is 48.5 Å². The zero-order valence-electron chi connectivity index (χ0n) is 19.6. The van der Waals surface area contributed by atoms with Crippen molar-refractivity contribution in [1.82, 2.24) is 0 Å². The van der Waals surface area contributed by atoms with E-state index in [9.17, 15) is 14.8 Å². The predicted molar refractivity (Wildman–Crippen MR) is 134 cm³/mol. The number of unbranched alkanes of at least 4 members (excludes halogenated alkanes) is 6. The molecule has 182 valence electrons. The molecule has 34 heavy (non-hydrogen) atoms. The minimum Gasteiger partial charge on any atom is -0.507 e. The molecule has 3 aromatic carbocycles. The zero-order valence-corrected chi connectivity index (χ0v) is 20.5. The molecule has 0 fully saturated rings. The Hall–Kier alpha value is -2.95. The van der Waals surface area contributed by atoms with Crippen LogP contribution >= 0.6 is 7.82 Å². The Labute approximate surface area is 201 Å². The van der Waals surface area contributed by atoms with Gasteiger partial charge in [0.25, 0.3) is 0 Å². The lowest BCUT2D eigenvalue weighted by Gasteiger charge is -2.21. The molecule has 0 radical (unpaired) electrons. The Morgan fingerprint density at radius 1 is 0.706 bits per heavy atom. The summed E-state index contributed by atoms with van der Waals surface area (Å²) in [6.07, 6.45) is 7.56. The van der Waals surface area contributed by atoms with Gasteiger partial charge in [0.2, 0.25) is 0 Å². The molecule has 3 aromatic rings. The maximum atomic E-state index is 13.7. The maximum absolute atomic E-state index is 13.7. The third kappa shape index (κ3) is 7.54. The van der Waals surface area contributed by atoms with E-state index in [1.807, 2.05) is 12.1 Å². The number of phosphoric ester groups is 1. The van der Waals surface area contributed by atoms with Crippen molar-refractivity contribution in [3.63, 3.8) is 0 Å². The lowest BCUT2D eigenvalue weighted by molar-refractivity contribution is 0.203. The van der Waals surface area contributed by atoms with E-state index < -0.39 is 7.82 Å². The molecule has 0 saturated heterocycles. The number of hydrogen-bond acceptors (Lipinski definition) is 6. The quantitative estimate of drug-likeness (QED) is 0.137. The van der Waals surface area contributed by atoms with Crippen molar-refractivity contribution in [2.45, 2.75) is 51.9 Å². The Bertz CT molecular complexity index is 1060. The molecule has 1 atom stereocenters. The van der Waals surface area contributed by atoms with Crippen molar-refractivity contribution < 1.29 is 28.3 Å². The molecule has 0 bridgehead atoms. The second-order valence-corrected chi connectivity index (χ2v) is 9.59. The number of phenolic OH excluding ortho intramolecular Hbond substituents is 2. The monoisotopic (exact) mass is 484 g/mol. The second-order valence-electron chi connectivity index (χ2n) is 8.07. The number of rotatable bonds is 14. The summed E-state index contributed by atoms with van der Waals surface area (Å²) in [5, 5.41) is 21.1. The van der Waals surface area contributed by atoms with Crippen LogP contribution in [-0.4, -0.2) is 16.8 Å². The smallest absolute Gasteiger partial charge is 0.507 e. The van der Waals surface area contributed by atoms with Crippen molar-refractivity contribution in [3.8, 4) is 34.1 Å². The Kier molecular flexibility index (Phi) is 9.87. The molecule has 1 unspecified atom stereocenters. The fourth-order valence-corrected chi connectivity index (χ4v) is 4.85. The number of benzene rings is 3. The van der Waals surface area contributed by atoms with Gasteiger partial charge >= 0.3 is 7.82 Å². The summed E-state index contributed by atoms with van der Waals surface area (Å²) in [5.41, 5.74) is 0.793. The molecule has 0 saturated carbocycles. The van der Waals surface area contributed by atoms with Crippen LogP contribution in [0.2, 0.25) is 0 Å². The summed E-state index contributed by atoms with van der Waals surface area (Å²) >= 11 is 0. The van der Waals surface area contributed by atoms with Gasteiger partial charge in [-0.15, -0.1) is 0 Å². The molecule has 0 aliphatic carbocycles. The maximum Gasteiger partial charge on any atom is 0.587 e. The molecule has 3 rings (SSSR count). The van der Waals surface area contributed by atoms with Crippen molar-refractivity contribution in [2.75, 3.05) is 6.61 Å². The Morgan fingerprint density at radius 3 is 1.97 bits per heavy atom. The van der Waals surface area contributed by atoms with Gasteiger partial charge in [-0.25, -0.2) is 4.57 Å². The average Bonchev–Trinajstić information content (AvgIpc) is 2.84. The second kappa shape index (κ2) is 13.1. The fourth-order valence-electron chi connectivity index (χ4n) is 3.57. The van der Waals surface area contributed by atoms with E-state index in [0.717, 1.165) is 12.8 Å². The molecule has 2 N–H and O–H groups in total. The van der Waals surface area contributed by atoms with Gasteiger partial charge in [-0.1, -0.05) is 94.0 Å². The summed E-state index contributed by atoms with van der Waals surface area (Å²) in [6, 6.07) is 20.2. The highest BCUT2D eigenvalue weighted by molar-refractivity contribution is 7.49. The summed E-state index contributed by atoms with van der Waals surface area (Å²) < 4.78 is 30.8. The summed E-state index contributed by atoms with van der Waals surface area (Å²) in [5.74, 6) is -0.262. The van der Waals surface area contributed by atoms with Gasteiger partial charge in [0.1, 0.15) is 11.5 Å². The minimum absolute atomic E-state index is 0.127. The lowest BCUT2D eigenvalue weighted by Crippen LogP contribution is -2.07. The minimum atomic E-state index is -4.19. The molecular weight excluding hydrogens is 451 g/mol. The van der Waals surface area contributed by atoms with Crippen LogP contribution in [0.5, 0.6) is 23.0 Å². The number of hydrogen-bond donors (Lipinski definition) is 2. The number of phenols is 2. The lowest BCUT2D eigenvalue weighted by atomic mass is 10.0. The molecule has 0 aliphatic heterocycles. The third-order valence-electron chi connectivity index (χ3n) is 5.34. The van der Waals surface area contributed by atoms with E-state index in [4.69, 9.17) is 13.6 Å². The topological polar surface area (TPSA) is 85.2 Å². The largest absolute Gasteiger partial charge is 0.587 e. The van der Waals surface area contributed by atoms with Gasteiger partial charge in [0, 0.05) is 0 Å². The van der Waals surface area contributed by atoms with E-state index >= 15 is 0 Å². The Balaban J connectivity index is 1.79. The third-order valence-corrected chi connectivity index (χ3v) is 6.68. The van der Waals surface area contributed by atoms with Crippen molar-refractivity contribution in [1.29, 1.82) is 0 Å². The van der Waals surface area contributed by atoms with Crippen LogP contribution in [0, 0.1) is 0 Å². The Morgan fingerprint density at radius 2 is 1.29 bits per heavy atom. The molecule has 0 aliphatic rings. The zero-order chi connectivity index (χ0) is 24.2. The number of para-hydroxylation sites is 1. The van der Waals surface area contributed by atoms with Crippen LogP contribution in [0.4, 0.5) is 0 Å². The normalized spacial score (nSPS) is 12.7. The van der Waals surface area contributed by atoms with E-state index in [-0.39, 0.29) is 29.4 Å². The van der Waals surface area contributed by atoms with Gasteiger partial charge in [-0.3, -0.25) is 4.52 Å². The van der Waals surface area contributed by atoms with E-state index in [1.165, 1.54) is 37.8 Å². The molecule has 0 heterocycles. The van der Waals surface area contributed by atoms with Crippen LogP contribution in [-0.2, 0) is 9.09 Å². The molecule has 0 spiro atoms. The highest BCUT2D eigenvalue weighted by Gasteiger charge is 2.34. The molecular formula is C27H33O6P. The van der Waals surface area contributed by atoms with Gasteiger partial charge < -0.3 is 19.3 Å². The van der Waals surface area contributed by atoms with Gasteiger partial charge in [-0.2, -0.15) is 0 Å². The van der Waals surface area contributed by atoms with Crippen molar-refractivity contribution >= 4 is 7.82 Å². The number of phosphoric acid groups is 1. The van der Waals surface area contributed by atoms with Gasteiger partial charge in [-0.05, 0) is 36.2 Å². The molecule has 0 amide bonds. The average molecular weight is 485 g/mol. The number of aromatic hydroxyl groups is 2. The fraction of sp³-hybridized carbons (Fsp3) is 0.333. The van der Waals surface area contributed by atoms with Crippen molar-refractivity contribution in [2.24, 2.45) is 0 Å². The van der Waals surface area contributed by atoms with Crippen LogP contribution in [0.3, 0.4) is 0 Å². The first kappa shape index (κ1) is 25.7. The van der Waals surface area contributed by atoms with Crippen molar-refractivity contribution in [3.05, 3.63) is 72.8 Å². The van der Waals surface area contributed by atoms with Crippen LogP contribution in [0.1, 0.15) is 51.9 Å². The first-order chi connectivity index (χ1) is 16.5. The summed E-state index contributed by atoms with van der Waals surface area (Å²) in [4.78, 5) is 0. The molecule has 0 aromatic heterocycles. The van der Waals surface area contributed by atoms with E-state index in [0.29, 0.717) is 17.7 Å². The highest BCUT2D eigenvalue weighted by Crippen LogP contribution is 2.55. The molecule has 7 heteroatoms. The van der Waals surface area contributed by atoms with Crippen LogP contribution < -0.4 is 9.05 Å². The highest BCUT2D eigenvalue weighted by atomic mass is 31.2. The van der Waals surface area contributed by atoms with Gasteiger partial charge in [0.15, 0.2) is 11.5 Å². The predicted octanol–water partition coefficient (Wildman–Crippen LogP) is 8.10. The van der Waals surface area contributed by atoms with Gasteiger partial charge in [0.05, 0.1) is 12.2 Å².